The quantitative estimate of drug-likeness (QED) is 0.128. The molecule has 0 atom stereocenters. The molecule has 2 aromatic carbocycles. The SMILES string of the molecule is CN(C)C(=O)c1ccc(-c2cc3nccc(Cl)c3o2)cc1.CN(C)C(=O)c1ccc(B2OC(C)(C)C(C)(C)O2)cc1.Clc1ccnc2cc(I)oc12. The third kappa shape index (κ3) is 8.80. The van der Waals surface area contributed by atoms with E-state index in [9.17, 15) is 9.59 Å². The van der Waals surface area contributed by atoms with E-state index in [1.807, 2.05) is 76.2 Å². The number of furan rings is 2. The van der Waals surface area contributed by atoms with Crippen LogP contribution in [0.2, 0.25) is 10.0 Å². The standard InChI is InChI=1S/C16H13ClN2O2.C15H22BNO3.C7H3ClINO/c1-19(2)16(20)11-5-3-10(4-6-11)14-9-13-15(21-14)12(17)7-8-18-13;1-14(2)15(3,4)20-16(19-14)12-9-7-11(8-10-12)13(18)17(5)6;8-4-1-2-10-5-3-6(9)11-7(4)5/h3-9H,1-2H3;7-10H,1-6H3;1-3H. The van der Waals surface area contributed by atoms with E-state index >= 15 is 0 Å². The number of hydrogen-bond acceptors (Lipinski definition) is 8. The molecule has 0 N–H and O–H groups in total. The number of carbonyl (C=O) groups excluding carboxylic acids is 2. The first-order valence-corrected chi connectivity index (χ1v) is 18.0. The van der Waals surface area contributed by atoms with Crippen LogP contribution in [0.15, 0.2) is 94.0 Å². The molecular formula is C38H38BCl2IN4O6. The summed E-state index contributed by atoms with van der Waals surface area (Å²) in [5, 5.41) is 1.14. The second kappa shape index (κ2) is 16.0. The first-order chi connectivity index (χ1) is 24.5. The van der Waals surface area contributed by atoms with Gasteiger partial charge in [-0.3, -0.25) is 19.6 Å². The zero-order valence-electron chi connectivity index (χ0n) is 30.0. The molecule has 1 aliphatic rings. The number of pyridine rings is 2. The first-order valence-electron chi connectivity index (χ1n) is 16.2. The van der Waals surface area contributed by atoms with Crippen molar-refractivity contribution >= 4 is 92.4 Å². The van der Waals surface area contributed by atoms with E-state index in [1.54, 1.807) is 74.6 Å². The molecule has 0 radical (unpaired) electrons. The van der Waals surface area contributed by atoms with Gasteiger partial charge in [0, 0.05) is 69.4 Å². The Labute approximate surface area is 326 Å². The van der Waals surface area contributed by atoms with E-state index < -0.39 is 0 Å². The molecule has 52 heavy (non-hydrogen) atoms. The Kier molecular flexibility index (Phi) is 12.1. The van der Waals surface area contributed by atoms with Gasteiger partial charge in [-0.25, -0.2) is 0 Å². The Hall–Kier alpha value is -3.95. The Morgan fingerprint density at radius 2 is 1.12 bits per heavy atom. The summed E-state index contributed by atoms with van der Waals surface area (Å²) in [6.45, 7) is 8.10. The largest absolute Gasteiger partial charge is 0.494 e. The van der Waals surface area contributed by atoms with Gasteiger partial charge < -0.3 is 27.9 Å². The fourth-order valence-corrected chi connectivity index (χ4v) is 5.88. The topological polar surface area (TPSA) is 111 Å². The van der Waals surface area contributed by atoms with Crippen molar-refractivity contribution in [3.63, 3.8) is 0 Å². The van der Waals surface area contributed by atoms with Gasteiger partial charge in [-0.15, -0.1) is 0 Å². The molecule has 270 valence electrons. The molecule has 1 saturated heterocycles. The van der Waals surface area contributed by atoms with Crippen LogP contribution in [0, 0.1) is 3.77 Å². The minimum atomic E-state index is -0.386. The van der Waals surface area contributed by atoms with Gasteiger partial charge >= 0.3 is 7.12 Å². The third-order valence-electron chi connectivity index (χ3n) is 8.61. The maximum atomic E-state index is 11.9. The molecule has 0 unspecified atom stereocenters. The van der Waals surface area contributed by atoms with Crippen LogP contribution in [0.1, 0.15) is 48.4 Å². The zero-order chi connectivity index (χ0) is 38.0. The normalized spacial score (nSPS) is 14.3. The number of aromatic nitrogens is 2. The molecule has 5 heterocycles. The van der Waals surface area contributed by atoms with Crippen molar-refractivity contribution in [2.24, 2.45) is 0 Å². The lowest BCUT2D eigenvalue weighted by Gasteiger charge is -2.32. The summed E-state index contributed by atoms with van der Waals surface area (Å²) in [5.41, 5.74) is 5.16. The van der Waals surface area contributed by atoms with Crippen LogP contribution < -0.4 is 5.46 Å². The van der Waals surface area contributed by atoms with Gasteiger partial charge in [-0.1, -0.05) is 47.5 Å². The molecule has 0 saturated carbocycles. The summed E-state index contributed by atoms with van der Waals surface area (Å²) in [5.74, 6) is 0.635. The van der Waals surface area contributed by atoms with Crippen LogP contribution in [0.4, 0.5) is 0 Å². The van der Waals surface area contributed by atoms with Gasteiger partial charge in [0.05, 0.1) is 21.2 Å². The number of halogens is 3. The van der Waals surface area contributed by atoms with Crippen molar-refractivity contribution in [3.8, 4) is 11.3 Å². The van der Waals surface area contributed by atoms with Gasteiger partial charge in [0.2, 0.25) is 0 Å². The lowest BCUT2D eigenvalue weighted by Crippen LogP contribution is -2.41. The number of rotatable bonds is 4. The zero-order valence-corrected chi connectivity index (χ0v) is 33.7. The summed E-state index contributed by atoms with van der Waals surface area (Å²) in [6.07, 6.45) is 3.30. The minimum absolute atomic E-state index is 0.00883. The minimum Gasteiger partial charge on any atom is -0.453 e. The highest BCUT2D eigenvalue weighted by molar-refractivity contribution is 14.1. The second-order valence-electron chi connectivity index (χ2n) is 13.4. The molecule has 1 aliphatic heterocycles. The van der Waals surface area contributed by atoms with E-state index in [0.29, 0.717) is 43.6 Å². The van der Waals surface area contributed by atoms with Gasteiger partial charge in [0.25, 0.3) is 11.8 Å². The van der Waals surface area contributed by atoms with Crippen LogP contribution in [0.25, 0.3) is 33.5 Å². The Morgan fingerprint density at radius 1 is 0.673 bits per heavy atom. The molecule has 6 aromatic rings. The number of amides is 2. The predicted octanol–water partition coefficient (Wildman–Crippen LogP) is 8.62. The maximum Gasteiger partial charge on any atom is 0.494 e. The summed E-state index contributed by atoms with van der Waals surface area (Å²) >= 11 is 14.0. The Bertz CT molecular complexity index is 2190. The smallest absolute Gasteiger partial charge is 0.453 e. The summed E-state index contributed by atoms with van der Waals surface area (Å²) in [7, 11) is 6.55. The van der Waals surface area contributed by atoms with E-state index in [2.05, 4.69) is 32.6 Å². The van der Waals surface area contributed by atoms with Crippen LogP contribution in [0.3, 0.4) is 0 Å². The van der Waals surface area contributed by atoms with Crippen molar-refractivity contribution in [2.45, 2.75) is 38.9 Å². The van der Waals surface area contributed by atoms with Gasteiger partial charge in [-0.2, -0.15) is 0 Å². The summed E-state index contributed by atoms with van der Waals surface area (Å²) < 4.78 is 23.8. The molecule has 2 amide bonds. The van der Waals surface area contributed by atoms with Gasteiger partial charge in [-0.05, 0) is 92.1 Å². The fraction of sp³-hybridized carbons (Fsp3) is 0.263. The predicted molar refractivity (Wildman–Crippen MR) is 214 cm³/mol. The highest BCUT2D eigenvalue weighted by Gasteiger charge is 2.51. The second-order valence-corrected chi connectivity index (χ2v) is 15.2. The molecule has 10 nitrogen and oxygen atoms in total. The molecule has 0 spiro atoms. The lowest BCUT2D eigenvalue weighted by atomic mass is 9.79. The Morgan fingerprint density at radius 3 is 1.56 bits per heavy atom. The molecule has 4 aromatic heterocycles. The number of hydrogen-bond donors (Lipinski definition) is 0. The van der Waals surface area contributed by atoms with Gasteiger partial charge in [0.1, 0.15) is 16.8 Å². The van der Waals surface area contributed by atoms with E-state index in [0.717, 1.165) is 20.3 Å². The van der Waals surface area contributed by atoms with Crippen molar-refractivity contribution < 1.29 is 27.7 Å². The number of nitrogens with zero attached hydrogens (tertiary/aromatic N) is 4. The van der Waals surface area contributed by atoms with Crippen LogP contribution >= 0.6 is 45.8 Å². The van der Waals surface area contributed by atoms with E-state index in [-0.39, 0.29) is 30.1 Å². The van der Waals surface area contributed by atoms with Crippen LogP contribution in [-0.2, 0) is 9.31 Å². The number of benzene rings is 2. The monoisotopic (exact) mass is 854 g/mol. The molecule has 7 rings (SSSR count). The maximum absolute atomic E-state index is 11.9. The first kappa shape index (κ1) is 39.3. The van der Waals surface area contributed by atoms with Crippen molar-refractivity contribution in [3.05, 3.63) is 110 Å². The van der Waals surface area contributed by atoms with Crippen molar-refractivity contribution in [1.29, 1.82) is 0 Å². The summed E-state index contributed by atoms with van der Waals surface area (Å²) in [4.78, 5) is 35.1. The van der Waals surface area contributed by atoms with E-state index in [4.69, 9.17) is 41.3 Å². The van der Waals surface area contributed by atoms with Crippen molar-refractivity contribution in [1.82, 2.24) is 19.8 Å². The van der Waals surface area contributed by atoms with Crippen molar-refractivity contribution in [2.75, 3.05) is 28.2 Å². The molecule has 14 heteroatoms. The number of carbonyl (C=O) groups is 2. The molecular weight excluding hydrogens is 817 g/mol. The Balaban J connectivity index is 0.000000158. The highest BCUT2D eigenvalue weighted by Crippen LogP contribution is 2.36. The lowest BCUT2D eigenvalue weighted by molar-refractivity contribution is 0.00578. The fourth-order valence-electron chi connectivity index (χ4n) is 4.98. The molecule has 0 aliphatic carbocycles. The van der Waals surface area contributed by atoms with Gasteiger partial charge in [0.15, 0.2) is 14.9 Å². The average Bonchev–Trinajstić information content (AvgIpc) is 3.78. The van der Waals surface area contributed by atoms with Crippen LogP contribution in [-0.4, -0.2) is 78.1 Å². The molecule has 0 bridgehead atoms. The summed E-state index contributed by atoms with van der Waals surface area (Å²) in [6, 6.07) is 21.7. The average molecular weight is 855 g/mol. The number of fused-ring (bicyclic) bond motifs is 2. The molecule has 1 fully saturated rings. The third-order valence-corrected chi connectivity index (χ3v) is 9.74. The van der Waals surface area contributed by atoms with Crippen LogP contribution in [0.5, 0.6) is 0 Å². The highest BCUT2D eigenvalue weighted by atomic mass is 127. The van der Waals surface area contributed by atoms with E-state index in [1.165, 1.54) is 0 Å².